The van der Waals surface area contributed by atoms with Gasteiger partial charge in [-0.3, -0.25) is 10.1 Å². The summed E-state index contributed by atoms with van der Waals surface area (Å²) in [5, 5.41) is 20.9. The molecule has 1 rings (SSSR count). The van der Waals surface area contributed by atoms with E-state index in [9.17, 15) is 23.6 Å². The van der Waals surface area contributed by atoms with Gasteiger partial charge in [0.2, 0.25) is 0 Å². The van der Waals surface area contributed by atoms with Gasteiger partial charge in [-0.1, -0.05) is 6.07 Å². The van der Waals surface area contributed by atoms with Crippen molar-refractivity contribution >= 4 is 21.2 Å². The predicted molar refractivity (Wildman–Crippen MR) is 77.4 cm³/mol. The predicted octanol–water partition coefficient (Wildman–Crippen LogP) is 0.442. The molecule has 118 valence electrons. The Morgan fingerprint density at radius 3 is 2.57 bits per heavy atom. The molecule has 0 aliphatic rings. The van der Waals surface area contributed by atoms with Crippen LogP contribution in [0, 0.1) is 10.1 Å². The van der Waals surface area contributed by atoms with E-state index in [1.165, 1.54) is 37.3 Å². The maximum absolute atomic E-state index is 11.7. The maximum atomic E-state index is 11.7. The molecule has 0 aromatic heterocycles. The molecule has 1 aromatic rings. The lowest BCUT2D eigenvalue weighted by molar-refractivity contribution is -0.387. The number of rotatable bonds is 7. The lowest BCUT2D eigenvalue weighted by Crippen LogP contribution is -2.32. The molecule has 0 saturated heterocycles. The van der Waals surface area contributed by atoms with Crippen molar-refractivity contribution in [3.8, 4) is 0 Å². The third-order valence-electron chi connectivity index (χ3n) is 2.81. The Morgan fingerprint density at radius 1 is 1.48 bits per heavy atom. The Morgan fingerprint density at radius 2 is 2.10 bits per heavy atom. The summed E-state index contributed by atoms with van der Waals surface area (Å²) in [6, 6.07) is 4.06. The van der Waals surface area contributed by atoms with E-state index in [1.807, 2.05) is 0 Å². The average Bonchev–Trinajstić information content (AvgIpc) is 2.36. The number of nitro groups is 1. The molecule has 0 bridgehead atoms. The second-order valence-electron chi connectivity index (χ2n) is 4.64. The number of aliphatic hydroxyl groups is 1. The Kier molecular flexibility index (Phi) is 5.64. The van der Waals surface area contributed by atoms with E-state index in [-0.39, 0.29) is 23.7 Å². The lowest BCUT2D eigenvalue weighted by atomic mass is 10.2. The summed E-state index contributed by atoms with van der Waals surface area (Å²) in [6.07, 6.45) is 0.0697. The van der Waals surface area contributed by atoms with Crippen LogP contribution >= 0.6 is 0 Å². The van der Waals surface area contributed by atoms with Gasteiger partial charge in [-0.25, -0.2) is 8.42 Å². The number of ether oxygens (including phenoxy) is 1. The van der Waals surface area contributed by atoms with Gasteiger partial charge in [0.1, 0.15) is 10.6 Å². The van der Waals surface area contributed by atoms with Gasteiger partial charge < -0.3 is 14.7 Å². The summed E-state index contributed by atoms with van der Waals surface area (Å²) in [6.45, 7) is 0.145. The van der Waals surface area contributed by atoms with Gasteiger partial charge in [-0.15, -0.1) is 0 Å². The van der Waals surface area contributed by atoms with Crippen LogP contribution in [-0.2, 0) is 14.6 Å². The van der Waals surface area contributed by atoms with Crippen molar-refractivity contribution in [2.24, 2.45) is 0 Å². The van der Waals surface area contributed by atoms with Gasteiger partial charge in [0.25, 0.3) is 0 Å². The number of hydrogen-bond acceptors (Lipinski definition) is 7. The van der Waals surface area contributed by atoms with Crippen LogP contribution in [0.2, 0.25) is 0 Å². The number of para-hydroxylation sites is 1. The van der Waals surface area contributed by atoms with Crippen LogP contribution in [0.15, 0.2) is 23.1 Å². The maximum Gasteiger partial charge on any atom is 0.311 e. The summed E-state index contributed by atoms with van der Waals surface area (Å²) in [5.41, 5.74) is -0.370. The Labute approximate surface area is 123 Å². The minimum atomic E-state index is -3.73. The quantitative estimate of drug-likeness (QED) is 0.573. The fraction of sp³-hybridized carbons (Fsp3) is 0.500. The van der Waals surface area contributed by atoms with Crippen molar-refractivity contribution in [2.75, 3.05) is 38.5 Å². The fourth-order valence-electron chi connectivity index (χ4n) is 1.96. The van der Waals surface area contributed by atoms with E-state index in [0.29, 0.717) is 0 Å². The number of aliphatic hydroxyl groups excluding tert-OH is 1. The van der Waals surface area contributed by atoms with Crippen molar-refractivity contribution in [1.29, 1.82) is 0 Å². The van der Waals surface area contributed by atoms with Crippen LogP contribution < -0.4 is 4.90 Å². The van der Waals surface area contributed by atoms with Crippen LogP contribution in [0.25, 0.3) is 0 Å². The molecule has 0 spiro atoms. The second kappa shape index (κ2) is 6.83. The molecular formula is C12H18N2O6S. The number of hydrogen-bond donors (Lipinski definition) is 1. The summed E-state index contributed by atoms with van der Waals surface area (Å²) < 4.78 is 28.1. The zero-order valence-corrected chi connectivity index (χ0v) is 12.8. The van der Waals surface area contributed by atoms with Gasteiger partial charge in [0, 0.05) is 27.0 Å². The van der Waals surface area contributed by atoms with Gasteiger partial charge in [0.15, 0.2) is 9.84 Å². The molecule has 8 nitrogen and oxygen atoms in total. The van der Waals surface area contributed by atoms with Crippen molar-refractivity contribution in [2.45, 2.75) is 11.0 Å². The first-order valence-electron chi connectivity index (χ1n) is 6.04. The SMILES string of the molecule is COCC(O)CN(C)c1cccc(S(C)(=O)=O)c1[N+](=O)[O-]. The third kappa shape index (κ3) is 4.38. The standard InChI is InChI=1S/C12H18N2O6S/c1-13(7-9(15)8-20-2)10-5-4-6-11(21(3,18)19)12(10)14(16)17/h4-6,9,15H,7-8H2,1-3H3. The molecule has 1 N–H and O–H groups in total. The van der Waals surface area contributed by atoms with Crippen LogP contribution in [0.4, 0.5) is 11.4 Å². The van der Waals surface area contributed by atoms with Gasteiger partial charge in [-0.2, -0.15) is 0 Å². The summed E-state index contributed by atoms with van der Waals surface area (Å²) >= 11 is 0. The van der Waals surface area contributed by atoms with Gasteiger partial charge in [0.05, 0.1) is 17.6 Å². The molecule has 0 saturated carbocycles. The van der Waals surface area contributed by atoms with Crippen molar-refractivity contribution < 1.29 is 23.2 Å². The Balaban J connectivity index is 3.27. The number of benzene rings is 1. The lowest BCUT2D eigenvalue weighted by Gasteiger charge is -2.22. The van der Waals surface area contributed by atoms with Crippen LogP contribution in [0.5, 0.6) is 0 Å². The molecule has 0 radical (unpaired) electrons. The number of likely N-dealkylation sites (N-methyl/N-ethyl adjacent to an activating group) is 1. The van der Waals surface area contributed by atoms with Crippen LogP contribution in [0.3, 0.4) is 0 Å². The summed E-state index contributed by atoms with van der Waals surface area (Å²) in [7, 11) is -0.767. The highest BCUT2D eigenvalue weighted by molar-refractivity contribution is 7.90. The Hall–Kier alpha value is -1.71. The minimum Gasteiger partial charge on any atom is -0.389 e. The summed E-state index contributed by atoms with van der Waals surface area (Å²) in [4.78, 5) is 11.6. The molecular weight excluding hydrogens is 300 g/mol. The molecule has 21 heavy (non-hydrogen) atoms. The van der Waals surface area contributed by atoms with E-state index in [2.05, 4.69) is 0 Å². The highest BCUT2D eigenvalue weighted by atomic mass is 32.2. The molecule has 1 aromatic carbocycles. The molecule has 0 amide bonds. The van der Waals surface area contributed by atoms with Gasteiger partial charge in [-0.05, 0) is 12.1 Å². The average molecular weight is 318 g/mol. The molecule has 0 aliphatic heterocycles. The van der Waals surface area contributed by atoms with Crippen molar-refractivity contribution in [3.63, 3.8) is 0 Å². The zero-order valence-electron chi connectivity index (χ0n) is 12.0. The molecule has 0 fully saturated rings. The first-order valence-corrected chi connectivity index (χ1v) is 7.93. The number of methoxy groups -OCH3 is 1. The number of nitro benzene ring substituents is 1. The highest BCUT2D eigenvalue weighted by Gasteiger charge is 2.28. The monoisotopic (exact) mass is 318 g/mol. The van der Waals surface area contributed by atoms with E-state index < -0.39 is 26.6 Å². The summed E-state index contributed by atoms with van der Waals surface area (Å²) in [5.74, 6) is 0. The second-order valence-corrected chi connectivity index (χ2v) is 6.63. The number of anilines is 1. The molecule has 0 aliphatic carbocycles. The van der Waals surface area contributed by atoms with Crippen molar-refractivity contribution in [1.82, 2.24) is 0 Å². The van der Waals surface area contributed by atoms with Crippen LogP contribution in [0.1, 0.15) is 0 Å². The Bertz CT molecular complexity index is 616. The fourth-order valence-corrected chi connectivity index (χ4v) is 2.82. The first kappa shape index (κ1) is 17.3. The van der Waals surface area contributed by atoms with Crippen LogP contribution in [-0.4, -0.2) is 58.1 Å². The molecule has 1 unspecified atom stereocenters. The number of sulfone groups is 1. The van der Waals surface area contributed by atoms with Gasteiger partial charge >= 0.3 is 5.69 Å². The minimum absolute atomic E-state index is 0.0713. The molecule has 0 heterocycles. The van der Waals surface area contributed by atoms with Crippen molar-refractivity contribution in [3.05, 3.63) is 28.3 Å². The van der Waals surface area contributed by atoms with E-state index in [0.717, 1.165) is 6.26 Å². The number of nitrogens with zero attached hydrogens (tertiary/aromatic N) is 2. The zero-order chi connectivity index (χ0) is 16.2. The molecule has 1 atom stereocenters. The van der Waals surface area contributed by atoms with E-state index in [1.54, 1.807) is 0 Å². The topological polar surface area (TPSA) is 110 Å². The third-order valence-corrected chi connectivity index (χ3v) is 3.94. The van der Waals surface area contributed by atoms with E-state index in [4.69, 9.17) is 4.74 Å². The normalized spacial score (nSPS) is 13.0. The largest absolute Gasteiger partial charge is 0.389 e. The smallest absolute Gasteiger partial charge is 0.311 e. The highest BCUT2D eigenvalue weighted by Crippen LogP contribution is 2.34. The molecule has 9 heteroatoms. The van der Waals surface area contributed by atoms with E-state index >= 15 is 0 Å². The first-order chi connectivity index (χ1) is 9.68.